The number of rotatable bonds is 7. The first kappa shape index (κ1) is 33.0. The van der Waals surface area contributed by atoms with E-state index in [1.807, 2.05) is 24.3 Å². The summed E-state index contributed by atoms with van der Waals surface area (Å²) in [5.41, 5.74) is 11.6. The van der Waals surface area contributed by atoms with Gasteiger partial charge in [0.25, 0.3) is 0 Å². The maximum Gasteiger partial charge on any atom is 0.149 e. The van der Waals surface area contributed by atoms with Gasteiger partial charge in [0.1, 0.15) is 28.2 Å². The number of para-hydroxylation sites is 3. The van der Waals surface area contributed by atoms with Gasteiger partial charge >= 0.3 is 0 Å². The smallest absolute Gasteiger partial charge is 0.149 e. The van der Waals surface area contributed by atoms with E-state index in [2.05, 4.69) is 133 Å². The molecule has 0 radical (unpaired) electrons. The zero-order valence-corrected chi connectivity index (χ0v) is 32.1. The summed E-state index contributed by atoms with van der Waals surface area (Å²) in [6.45, 7) is 21.2. The molecule has 0 saturated carbocycles. The Balaban J connectivity index is 1.48. The summed E-state index contributed by atoms with van der Waals surface area (Å²) in [5, 5.41) is 15.5. The van der Waals surface area contributed by atoms with E-state index in [0.29, 0.717) is 22.2 Å². The minimum atomic E-state index is -1.78. The van der Waals surface area contributed by atoms with Crippen molar-refractivity contribution in [1.82, 2.24) is 9.55 Å². The lowest BCUT2D eigenvalue weighted by atomic mass is 9.89. The molecule has 8 rings (SSSR count). The first-order valence-corrected chi connectivity index (χ1v) is 21.0. The molecule has 0 unspecified atom stereocenters. The van der Waals surface area contributed by atoms with E-state index in [9.17, 15) is 5.26 Å². The zero-order chi connectivity index (χ0) is 35.9. The van der Waals surface area contributed by atoms with Crippen LogP contribution in [0.4, 0.5) is 0 Å². The minimum Gasteiger partial charge on any atom is -0.456 e. The molecular weight excluding hydrogens is 643 g/mol. The van der Waals surface area contributed by atoms with E-state index in [4.69, 9.17) is 13.8 Å². The average Bonchev–Trinajstić information content (AvgIpc) is 3.80. The van der Waals surface area contributed by atoms with Crippen molar-refractivity contribution < 1.29 is 8.83 Å². The number of benzene rings is 5. The molecule has 0 aliphatic rings. The predicted molar refractivity (Wildman–Crippen MR) is 215 cm³/mol. The van der Waals surface area contributed by atoms with Gasteiger partial charge in [-0.15, -0.1) is 0 Å². The van der Waals surface area contributed by atoms with Crippen LogP contribution in [0.2, 0.25) is 17.6 Å². The second kappa shape index (κ2) is 12.0. The van der Waals surface area contributed by atoms with Crippen molar-refractivity contribution in [3.63, 3.8) is 0 Å². The van der Waals surface area contributed by atoms with Crippen LogP contribution in [-0.4, -0.2) is 17.6 Å². The van der Waals surface area contributed by atoms with E-state index in [0.717, 1.165) is 55.6 Å². The molecule has 8 aromatic rings. The Morgan fingerprint density at radius 2 is 1.43 bits per heavy atom. The van der Waals surface area contributed by atoms with Crippen LogP contribution in [0.15, 0.2) is 93.8 Å². The van der Waals surface area contributed by atoms with Gasteiger partial charge in [-0.3, -0.25) is 4.57 Å². The molecule has 0 aliphatic carbocycles. The molecule has 0 saturated heterocycles. The standard InChI is InChI=1S/C45H45N3O2Si/c1-25(2)34-23-36-35-22-30(51(9,27(5)6)28(7)8)18-20-39(35)49-44(36)41(26(3)4)42(34)48-38-16-11-10-15-37(38)47-45(48)33-14-12-13-32-31-19-17-29(24-46)21-40(31)50-43(32)33/h10-23,25-28H,1-9H3. The Kier molecular flexibility index (Phi) is 7.77. The van der Waals surface area contributed by atoms with Crippen LogP contribution in [0.5, 0.6) is 0 Å². The van der Waals surface area contributed by atoms with Crippen molar-refractivity contribution in [3.05, 3.63) is 102 Å². The van der Waals surface area contributed by atoms with E-state index in [1.165, 1.54) is 27.1 Å². The Morgan fingerprint density at radius 1 is 0.686 bits per heavy atom. The number of furan rings is 2. The van der Waals surface area contributed by atoms with Crippen molar-refractivity contribution in [1.29, 1.82) is 5.26 Å². The lowest BCUT2D eigenvalue weighted by Gasteiger charge is -2.36. The van der Waals surface area contributed by atoms with E-state index in [-0.39, 0.29) is 11.8 Å². The summed E-state index contributed by atoms with van der Waals surface area (Å²) in [7, 11) is -1.78. The molecule has 256 valence electrons. The molecule has 0 amide bonds. The van der Waals surface area contributed by atoms with Gasteiger partial charge in [-0.1, -0.05) is 104 Å². The highest BCUT2D eigenvalue weighted by molar-refractivity contribution is 6.93. The SMILES string of the molecule is CC(C)c1cc2c(oc3ccc([Si](C)(C(C)C)C(C)C)cc32)c(C(C)C)c1-n1c(-c2cccc3c2oc2cc(C#N)ccc23)nc2ccccc21. The number of fused-ring (bicyclic) bond motifs is 7. The molecule has 0 bridgehead atoms. The highest BCUT2D eigenvalue weighted by atomic mass is 28.3. The number of nitriles is 1. The van der Waals surface area contributed by atoms with Gasteiger partial charge in [-0.25, -0.2) is 4.98 Å². The lowest BCUT2D eigenvalue weighted by molar-refractivity contribution is 0.654. The van der Waals surface area contributed by atoms with Crippen LogP contribution >= 0.6 is 0 Å². The van der Waals surface area contributed by atoms with Gasteiger partial charge in [-0.2, -0.15) is 5.26 Å². The molecular formula is C45H45N3O2Si. The fourth-order valence-electron chi connectivity index (χ4n) is 8.32. The average molecular weight is 688 g/mol. The maximum atomic E-state index is 9.59. The van der Waals surface area contributed by atoms with Crippen molar-refractivity contribution >= 4 is 68.2 Å². The second-order valence-corrected chi connectivity index (χ2v) is 21.1. The molecule has 5 nitrogen and oxygen atoms in total. The molecule has 0 fully saturated rings. The van der Waals surface area contributed by atoms with Crippen LogP contribution < -0.4 is 5.19 Å². The predicted octanol–water partition coefficient (Wildman–Crippen LogP) is 12.7. The molecule has 6 heteroatoms. The molecule has 3 aromatic heterocycles. The monoisotopic (exact) mass is 687 g/mol. The van der Waals surface area contributed by atoms with Crippen molar-refractivity contribution in [2.45, 2.75) is 84.9 Å². The second-order valence-electron chi connectivity index (χ2n) is 15.7. The summed E-state index contributed by atoms with van der Waals surface area (Å²) >= 11 is 0. The largest absolute Gasteiger partial charge is 0.456 e. The minimum absolute atomic E-state index is 0.160. The third kappa shape index (κ3) is 4.89. The fourth-order valence-corrected chi connectivity index (χ4v) is 11.9. The molecule has 0 spiro atoms. The van der Waals surface area contributed by atoms with Gasteiger partial charge in [-0.05, 0) is 77.0 Å². The molecule has 5 aromatic carbocycles. The van der Waals surface area contributed by atoms with Gasteiger partial charge < -0.3 is 8.83 Å². The van der Waals surface area contributed by atoms with Crippen LogP contribution in [0, 0.1) is 11.3 Å². The highest BCUT2D eigenvalue weighted by Gasteiger charge is 2.37. The van der Waals surface area contributed by atoms with Crippen molar-refractivity contribution in [2.75, 3.05) is 0 Å². The van der Waals surface area contributed by atoms with Gasteiger partial charge in [0.15, 0.2) is 0 Å². The molecule has 0 aliphatic heterocycles. The first-order chi connectivity index (χ1) is 24.4. The Labute approximate surface area is 300 Å². The Morgan fingerprint density at radius 3 is 2.14 bits per heavy atom. The normalized spacial score (nSPS) is 12.7. The van der Waals surface area contributed by atoms with Crippen molar-refractivity contribution in [2.24, 2.45) is 0 Å². The zero-order valence-electron chi connectivity index (χ0n) is 31.1. The number of aromatic nitrogens is 2. The highest BCUT2D eigenvalue weighted by Crippen LogP contribution is 2.45. The van der Waals surface area contributed by atoms with E-state index >= 15 is 0 Å². The molecule has 0 N–H and O–H groups in total. The molecule has 3 heterocycles. The van der Waals surface area contributed by atoms with E-state index in [1.54, 1.807) is 0 Å². The van der Waals surface area contributed by atoms with Gasteiger partial charge in [0, 0.05) is 27.1 Å². The quantitative estimate of drug-likeness (QED) is 0.156. The third-order valence-electron chi connectivity index (χ3n) is 11.7. The van der Waals surface area contributed by atoms with Gasteiger partial charge in [0.2, 0.25) is 0 Å². The number of hydrogen-bond donors (Lipinski definition) is 0. The Hall–Kier alpha value is -5.12. The van der Waals surface area contributed by atoms with Crippen LogP contribution in [-0.2, 0) is 0 Å². The summed E-state index contributed by atoms with van der Waals surface area (Å²) in [6.07, 6.45) is 0. The Bertz CT molecular complexity index is 2690. The van der Waals surface area contributed by atoms with E-state index < -0.39 is 8.07 Å². The van der Waals surface area contributed by atoms with Gasteiger partial charge in [0.05, 0.1) is 42.0 Å². The van der Waals surface area contributed by atoms with Crippen molar-refractivity contribution in [3.8, 4) is 23.1 Å². The number of nitrogens with zero attached hydrogens (tertiary/aromatic N) is 3. The number of hydrogen-bond acceptors (Lipinski definition) is 4. The number of imidazole rings is 1. The van der Waals surface area contributed by atoms with Crippen LogP contribution in [0.3, 0.4) is 0 Å². The van der Waals surface area contributed by atoms with Crippen LogP contribution in [0.25, 0.3) is 72.0 Å². The molecule has 51 heavy (non-hydrogen) atoms. The summed E-state index contributed by atoms with van der Waals surface area (Å²) in [5.74, 6) is 1.20. The third-order valence-corrected chi connectivity index (χ3v) is 18.0. The summed E-state index contributed by atoms with van der Waals surface area (Å²) in [4.78, 5) is 5.33. The lowest BCUT2D eigenvalue weighted by Crippen LogP contribution is -2.50. The fraction of sp³-hybridized carbons (Fsp3) is 0.289. The summed E-state index contributed by atoms with van der Waals surface area (Å²) in [6, 6.07) is 32.0. The maximum absolute atomic E-state index is 9.59. The molecule has 0 atom stereocenters. The van der Waals surface area contributed by atoms with Crippen LogP contribution in [0.1, 0.15) is 83.9 Å². The first-order valence-electron chi connectivity index (χ1n) is 18.3. The topological polar surface area (TPSA) is 67.9 Å². The summed E-state index contributed by atoms with van der Waals surface area (Å²) < 4.78 is 15.9.